The van der Waals surface area contributed by atoms with Gasteiger partial charge in [0.05, 0.1) is 0 Å². The van der Waals surface area contributed by atoms with E-state index in [-0.39, 0.29) is 22.0 Å². The zero-order chi connectivity index (χ0) is 8.72. The predicted molar refractivity (Wildman–Crippen MR) is 43.2 cm³/mol. The number of rotatable bonds is 0. The second kappa shape index (κ2) is 2.57. The smallest absolute Gasteiger partial charge is 0.270 e. The van der Waals surface area contributed by atoms with Crippen molar-refractivity contribution in [3.8, 4) is 0 Å². The summed E-state index contributed by atoms with van der Waals surface area (Å²) in [6.07, 6.45) is 0. The van der Waals surface area contributed by atoms with Crippen molar-refractivity contribution in [2.45, 2.75) is 6.54 Å². The van der Waals surface area contributed by atoms with Crippen molar-refractivity contribution in [3.05, 3.63) is 21.7 Å². The van der Waals surface area contributed by atoms with Crippen LogP contribution in [0.25, 0.3) is 0 Å². The van der Waals surface area contributed by atoms with E-state index >= 15 is 0 Å². The first-order valence-electron chi connectivity index (χ1n) is 3.18. The third-order valence-electron chi connectivity index (χ3n) is 1.57. The molecule has 0 spiro atoms. The molecule has 6 heteroatoms. The maximum Gasteiger partial charge on any atom is 0.270 e. The van der Waals surface area contributed by atoms with Gasteiger partial charge in [-0.05, 0) is 11.6 Å². The highest BCUT2D eigenvalue weighted by molar-refractivity contribution is 6.33. The number of fused-ring (bicyclic) bond motifs is 1. The van der Waals surface area contributed by atoms with Gasteiger partial charge in [-0.15, -0.1) is 0 Å². The molecule has 0 saturated heterocycles. The highest BCUT2D eigenvalue weighted by Crippen LogP contribution is 2.22. The summed E-state index contributed by atoms with van der Waals surface area (Å²) in [6, 6.07) is 0. The third-order valence-corrected chi connectivity index (χ3v) is 2.05. The summed E-state index contributed by atoms with van der Waals surface area (Å²) in [5, 5.41) is 2.80. The molecule has 0 aliphatic carbocycles. The summed E-state index contributed by atoms with van der Waals surface area (Å²) in [6.45, 7) is 0.379. The van der Waals surface area contributed by atoms with Crippen LogP contribution in [-0.4, -0.2) is 15.9 Å². The molecule has 4 nitrogen and oxygen atoms in total. The monoisotopic (exact) mass is 203 g/mol. The Balaban J connectivity index is 2.68. The Morgan fingerprint density at radius 2 is 2.08 bits per heavy atom. The summed E-state index contributed by atoms with van der Waals surface area (Å²) in [5.41, 5.74) is 0.895. The fourth-order valence-corrected chi connectivity index (χ4v) is 1.48. The molecule has 2 heterocycles. The van der Waals surface area contributed by atoms with Crippen LogP contribution in [0.2, 0.25) is 10.4 Å². The lowest BCUT2D eigenvalue weighted by Crippen LogP contribution is -2.13. The molecule has 0 atom stereocenters. The zero-order valence-electron chi connectivity index (χ0n) is 5.77. The van der Waals surface area contributed by atoms with Crippen LogP contribution >= 0.6 is 23.2 Å². The van der Waals surface area contributed by atoms with Gasteiger partial charge >= 0.3 is 0 Å². The average molecular weight is 204 g/mol. The van der Waals surface area contributed by atoms with Gasteiger partial charge in [-0.1, -0.05) is 11.6 Å². The highest BCUT2D eigenvalue weighted by atomic mass is 35.5. The van der Waals surface area contributed by atoms with E-state index in [9.17, 15) is 4.79 Å². The molecule has 0 radical (unpaired) electrons. The first-order valence-corrected chi connectivity index (χ1v) is 3.94. The number of halogens is 2. The highest BCUT2D eigenvalue weighted by Gasteiger charge is 2.24. The molecule has 1 aliphatic rings. The van der Waals surface area contributed by atoms with Crippen molar-refractivity contribution in [1.29, 1.82) is 0 Å². The summed E-state index contributed by atoms with van der Waals surface area (Å²) in [4.78, 5) is 18.5. The van der Waals surface area contributed by atoms with Gasteiger partial charge in [0.1, 0.15) is 10.8 Å². The molecule has 1 aromatic rings. The second-order valence-electron chi connectivity index (χ2n) is 2.29. The Hall–Kier alpha value is -0.870. The van der Waals surface area contributed by atoms with Gasteiger partial charge in [-0.25, -0.2) is 9.97 Å². The van der Waals surface area contributed by atoms with Crippen molar-refractivity contribution in [2.75, 3.05) is 0 Å². The Morgan fingerprint density at radius 3 is 2.83 bits per heavy atom. The van der Waals surface area contributed by atoms with Crippen LogP contribution in [-0.2, 0) is 6.54 Å². The van der Waals surface area contributed by atoms with E-state index in [0.29, 0.717) is 12.1 Å². The molecule has 0 saturated carbocycles. The zero-order valence-corrected chi connectivity index (χ0v) is 7.28. The number of amides is 1. The fourth-order valence-electron chi connectivity index (χ4n) is 1.03. The number of hydrogen-bond acceptors (Lipinski definition) is 3. The van der Waals surface area contributed by atoms with Crippen molar-refractivity contribution >= 4 is 29.1 Å². The Bertz CT molecular complexity index is 366. The standard InChI is InChI=1S/C6H3Cl2N3O/c7-4-2-1-9-5(12)3(2)10-6(8)11-4/h1H2,(H,9,12). The van der Waals surface area contributed by atoms with Crippen LogP contribution < -0.4 is 5.32 Å². The number of aromatic nitrogens is 2. The normalized spacial score (nSPS) is 14.3. The molecule has 0 unspecified atom stereocenters. The minimum atomic E-state index is -0.254. The first-order chi connectivity index (χ1) is 5.68. The molecular weight excluding hydrogens is 201 g/mol. The first kappa shape index (κ1) is 7.76. The minimum absolute atomic E-state index is 0.00389. The van der Waals surface area contributed by atoms with E-state index < -0.39 is 0 Å². The number of carbonyl (C=O) groups is 1. The predicted octanol–water partition coefficient (Wildman–Crippen LogP) is 1.03. The van der Waals surface area contributed by atoms with Gasteiger partial charge in [0.15, 0.2) is 0 Å². The van der Waals surface area contributed by atoms with E-state index in [1.807, 2.05) is 0 Å². The SMILES string of the molecule is O=C1NCc2c(Cl)nc(Cl)nc21. The molecule has 2 rings (SSSR count). The van der Waals surface area contributed by atoms with Gasteiger partial charge < -0.3 is 5.32 Å². The second-order valence-corrected chi connectivity index (χ2v) is 2.99. The molecule has 0 aromatic carbocycles. The van der Waals surface area contributed by atoms with Gasteiger partial charge in [0, 0.05) is 12.1 Å². The number of hydrogen-bond donors (Lipinski definition) is 1. The Kier molecular flexibility index (Phi) is 1.66. The van der Waals surface area contributed by atoms with Crippen LogP contribution in [0.1, 0.15) is 16.1 Å². The lowest BCUT2D eigenvalue weighted by molar-refractivity contribution is 0.0961. The van der Waals surface area contributed by atoms with E-state index in [0.717, 1.165) is 0 Å². The Labute approximate surface area is 77.9 Å². The van der Waals surface area contributed by atoms with Crippen molar-refractivity contribution in [3.63, 3.8) is 0 Å². The van der Waals surface area contributed by atoms with Crippen LogP contribution in [0.3, 0.4) is 0 Å². The van der Waals surface area contributed by atoms with Crippen molar-refractivity contribution in [2.24, 2.45) is 0 Å². The lowest BCUT2D eigenvalue weighted by Gasteiger charge is -1.96. The van der Waals surface area contributed by atoms with Gasteiger partial charge in [-0.2, -0.15) is 0 Å². The minimum Gasteiger partial charge on any atom is -0.346 e. The van der Waals surface area contributed by atoms with E-state index in [1.54, 1.807) is 0 Å². The maximum atomic E-state index is 11.1. The quantitative estimate of drug-likeness (QED) is 0.507. The number of nitrogens with one attached hydrogen (secondary N) is 1. The summed E-state index contributed by atoms with van der Waals surface area (Å²) in [7, 11) is 0. The molecular formula is C6H3Cl2N3O. The number of nitrogens with zero attached hydrogens (tertiary/aromatic N) is 2. The average Bonchev–Trinajstić information content (AvgIpc) is 2.33. The molecule has 12 heavy (non-hydrogen) atoms. The number of carbonyl (C=O) groups excluding carboxylic acids is 1. The molecule has 1 N–H and O–H groups in total. The molecule has 1 aromatic heterocycles. The van der Waals surface area contributed by atoms with Crippen LogP contribution in [0, 0.1) is 0 Å². The fraction of sp³-hybridized carbons (Fsp3) is 0.167. The van der Waals surface area contributed by atoms with Crippen molar-refractivity contribution in [1.82, 2.24) is 15.3 Å². The van der Waals surface area contributed by atoms with E-state index in [4.69, 9.17) is 23.2 Å². The van der Waals surface area contributed by atoms with Gasteiger partial charge in [0.2, 0.25) is 5.28 Å². The largest absolute Gasteiger partial charge is 0.346 e. The summed E-state index contributed by atoms with van der Waals surface area (Å²) < 4.78 is 0. The molecule has 0 bridgehead atoms. The topological polar surface area (TPSA) is 54.9 Å². The Morgan fingerprint density at radius 1 is 1.33 bits per heavy atom. The van der Waals surface area contributed by atoms with Crippen LogP contribution in [0.4, 0.5) is 0 Å². The van der Waals surface area contributed by atoms with E-state index in [1.165, 1.54) is 0 Å². The molecule has 1 amide bonds. The summed E-state index contributed by atoms with van der Waals surface area (Å²) in [5.74, 6) is -0.254. The van der Waals surface area contributed by atoms with E-state index in [2.05, 4.69) is 15.3 Å². The van der Waals surface area contributed by atoms with Crippen LogP contribution in [0.15, 0.2) is 0 Å². The third kappa shape index (κ3) is 1.04. The van der Waals surface area contributed by atoms with Crippen LogP contribution in [0.5, 0.6) is 0 Å². The lowest BCUT2D eigenvalue weighted by atomic mass is 10.3. The summed E-state index contributed by atoms with van der Waals surface area (Å²) >= 11 is 11.2. The molecule has 1 aliphatic heterocycles. The molecule has 0 fully saturated rings. The maximum absolute atomic E-state index is 11.1. The molecule has 62 valence electrons. The van der Waals surface area contributed by atoms with Gasteiger partial charge in [0.25, 0.3) is 5.91 Å². The van der Waals surface area contributed by atoms with Crippen molar-refractivity contribution < 1.29 is 4.79 Å². The van der Waals surface area contributed by atoms with Gasteiger partial charge in [-0.3, -0.25) is 4.79 Å².